The molecule has 164 valence electrons. The molecular weight excluding hydrogens is 416 g/mol. The van der Waals surface area contributed by atoms with E-state index in [2.05, 4.69) is 5.32 Å². The summed E-state index contributed by atoms with van der Waals surface area (Å²) in [5, 5.41) is 3.38. The topological polar surface area (TPSA) is 67.9 Å². The molecule has 4 rings (SSSR count). The van der Waals surface area contributed by atoms with Crippen LogP contribution >= 0.6 is 11.6 Å². The van der Waals surface area contributed by atoms with Crippen LogP contribution in [0.1, 0.15) is 47.2 Å². The van der Waals surface area contributed by atoms with E-state index in [0.29, 0.717) is 41.8 Å². The Balaban J connectivity index is 1.31. The van der Waals surface area contributed by atoms with Crippen LogP contribution < -0.4 is 14.8 Å². The molecule has 0 spiro atoms. The second-order valence-corrected chi connectivity index (χ2v) is 8.37. The van der Waals surface area contributed by atoms with E-state index in [1.807, 2.05) is 35.2 Å². The summed E-state index contributed by atoms with van der Waals surface area (Å²) in [6, 6.07) is 11.0. The number of hydrogen-bond acceptors (Lipinski definition) is 4. The van der Waals surface area contributed by atoms with Crippen LogP contribution in [0.2, 0.25) is 5.02 Å². The molecule has 1 saturated heterocycles. The summed E-state index contributed by atoms with van der Waals surface area (Å²) < 4.78 is 11.3. The van der Waals surface area contributed by atoms with Crippen LogP contribution in [0.25, 0.3) is 0 Å². The maximum absolute atomic E-state index is 12.6. The highest BCUT2D eigenvalue weighted by Crippen LogP contribution is 2.38. The Morgan fingerprint density at radius 2 is 1.68 bits per heavy atom. The first-order valence-electron chi connectivity index (χ1n) is 10.8. The Morgan fingerprint density at radius 3 is 2.45 bits per heavy atom. The van der Waals surface area contributed by atoms with E-state index in [9.17, 15) is 9.59 Å². The number of carbonyl (C=O) groups is 2. The van der Waals surface area contributed by atoms with Gasteiger partial charge in [-0.05, 0) is 54.7 Å². The Hall–Kier alpha value is -2.73. The Labute approximate surface area is 187 Å². The first kappa shape index (κ1) is 21.5. The summed E-state index contributed by atoms with van der Waals surface area (Å²) in [7, 11) is 0. The summed E-state index contributed by atoms with van der Waals surface area (Å²) >= 11 is 6.31. The quantitative estimate of drug-likeness (QED) is 0.760. The number of carbonyl (C=O) groups excluding carboxylic acids is 2. The van der Waals surface area contributed by atoms with Crippen LogP contribution in [0.5, 0.6) is 11.5 Å². The molecule has 0 radical (unpaired) electrons. The van der Waals surface area contributed by atoms with Crippen molar-refractivity contribution in [3.8, 4) is 11.5 Å². The predicted octanol–water partition coefficient (Wildman–Crippen LogP) is 3.99. The monoisotopic (exact) mass is 442 g/mol. The van der Waals surface area contributed by atoms with Crippen molar-refractivity contribution in [3.63, 3.8) is 0 Å². The molecule has 1 fully saturated rings. The number of amides is 2. The molecule has 2 aromatic carbocycles. The summed E-state index contributed by atoms with van der Waals surface area (Å²) in [5.74, 6) is 1.10. The molecule has 0 bridgehead atoms. The zero-order chi connectivity index (χ0) is 21.6. The van der Waals surface area contributed by atoms with Gasteiger partial charge in [-0.3, -0.25) is 9.59 Å². The molecular formula is C24H27ClN2O4. The van der Waals surface area contributed by atoms with Gasteiger partial charge in [-0.1, -0.05) is 23.7 Å². The fraction of sp³-hybridized carbons (Fsp3) is 0.417. The molecule has 2 aliphatic rings. The largest absolute Gasteiger partial charge is 0.489 e. The van der Waals surface area contributed by atoms with Gasteiger partial charge in [-0.25, -0.2) is 0 Å². The van der Waals surface area contributed by atoms with E-state index in [1.54, 1.807) is 6.07 Å². The molecule has 0 atom stereocenters. The Morgan fingerprint density at radius 1 is 0.935 bits per heavy atom. The lowest BCUT2D eigenvalue weighted by Gasteiger charge is -2.26. The highest BCUT2D eigenvalue weighted by atomic mass is 35.5. The number of piperidine rings is 1. The van der Waals surface area contributed by atoms with Gasteiger partial charge in [-0.2, -0.15) is 0 Å². The van der Waals surface area contributed by atoms with Gasteiger partial charge >= 0.3 is 0 Å². The number of hydrogen-bond donors (Lipinski definition) is 1. The van der Waals surface area contributed by atoms with Crippen molar-refractivity contribution in [3.05, 3.63) is 58.1 Å². The number of benzene rings is 2. The number of ether oxygens (including phenoxy) is 2. The Bertz CT molecular complexity index is 939. The number of nitrogens with one attached hydrogen (secondary N) is 1. The van der Waals surface area contributed by atoms with Gasteiger partial charge in [0.2, 0.25) is 5.91 Å². The third-order valence-electron chi connectivity index (χ3n) is 5.56. The van der Waals surface area contributed by atoms with Crippen molar-refractivity contribution in [2.75, 3.05) is 26.3 Å². The third kappa shape index (κ3) is 5.50. The van der Waals surface area contributed by atoms with Gasteiger partial charge in [0.1, 0.15) is 0 Å². The number of halogens is 1. The van der Waals surface area contributed by atoms with Crippen molar-refractivity contribution in [2.24, 2.45) is 0 Å². The summed E-state index contributed by atoms with van der Waals surface area (Å²) in [4.78, 5) is 26.9. The summed E-state index contributed by atoms with van der Waals surface area (Å²) in [6.45, 7) is 3.19. The van der Waals surface area contributed by atoms with Crippen LogP contribution in [0.4, 0.5) is 0 Å². The highest BCUT2D eigenvalue weighted by Gasteiger charge is 2.18. The van der Waals surface area contributed by atoms with Gasteiger partial charge in [0.15, 0.2) is 11.5 Å². The van der Waals surface area contributed by atoms with E-state index < -0.39 is 0 Å². The molecule has 2 aromatic rings. The van der Waals surface area contributed by atoms with Crippen molar-refractivity contribution < 1.29 is 19.1 Å². The average molecular weight is 443 g/mol. The first-order valence-corrected chi connectivity index (χ1v) is 11.2. The van der Waals surface area contributed by atoms with Crippen LogP contribution in [0.15, 0.2) is 36.4 Å². The lowest BCUT2D eigenvalue weighted by molar-refractivity contribution is -0.120. The molecule has 0 aromatic heterocycles. The molecule has 0 saturated carbocycles. The van der Waals surface area contributed by atoms with Crippen LogP contribution in [-0.2, 0) is 17.8 Å². The number of fused-ring (bicyclic) bond motifs is 1. The summed E-state index contributed by atoms with van der Waals surface area (Å²) in [5.41, 5.74) is 2.41. The minimum Gasteiger partial charge on any atom is -0.489 e. The number of rotatable bonds is 5. The second kappa shape index (κ2) is 10.1. The van der Waals surface area contributed by atoms with Crippen LogP contribution in [-0.4, -0.2) is 43.0 Å². The van der Waals surface area contributed by atoms with Gasteiger partial charge in [0, 0.05) is 31.6 Å². The number of likely N-dealkylation sites (tertiary alicyclic amines) is 1. The lowest BCUT2D eigenvalue weighted by Crippen LogP contribution is -2.35. The molecule has 2 aliphatic heterocycles. The SMILES string of the molecule is O=C(Cc1cc(Cl)c2c(c1)OCCCO2)NCc1ccc(C(=O)N2CCCCC2)cc1. The molecule has 1 N–H and O–H groups in total. The fourth-order valence-corrected chi connectivity index (χ4v) is 4.17. The zero-order valence-electron chi connectivity index (χ0n) is 17.5. The van der Waals surface area contributed by atoms with Crippen LogP contribution in [0.3, 0.4) is 0 Å². The van der Waals surface area contributed by atoms with E-state index in [-0.39, 0.29) is 18.2 Å². The maximum atomic E-state index is 12.6. The molecule has 2 amide bonds. The normalized spacial score (nSPS) is 15.8. The minimum atomic E-state index is -0.112. The van der Waals surface area contributed by atoms with Crippen molar-refractivity contribution >= 4 is 23.4 Å². The molecule has 6 nitrogen and oxygen atoms in total. The molecule has 2 heterocycles. The third-order valence-corrected chi connectivity index (χ3v) is 5.84. The van der Waals surface area contributed by atoms with E-state index >= 15 is 0 Å². The van der Waals surface area contributed by atoms with Crippen molar-refractivity contribution in [1.82, 2.24) is 10.2 Å². The van der Waals surface area contributed by atoms with Crippen molar-refractivity contribution in [2.45, 2.75) is 38.6 Å². The maximum Gasteiger partial charge on any atom is 0.253 e. The second-order valence-electron chi connectivity index (χ2n) is 7.96. The fourth-order valence-electron chi connectivity index (χ4n) is 3.88. The Kier molecular flexibility index (Phi) is 6.97. The molecule has 31 heavy (non-hydrogen) atoms. The van der Waals surface area contributed by atoms with Gasteiger partial charge < -0.3 is 19.7 Å². The summed E-state index contributed by atoms with van der Waals surface area (Å²) in [6.07, 6.45) is 4.33. The number of nitrogens with zero attached hydrogens (tertiary/aromatic N) is 1. The van der Waals surface area contributed by atoms with E-state index in [0.717, 1.165) is 43.5 Å². The predicted molar refractivity (Wildman–Crippen MR) is 119 cm³/mol. The van der Waals surface area contributed by atoms with E-state index in [1.165, 1.54) is 6.42 Å². The molecule has 7 heteroatoms. The molecule has 0 unspecified atom stereocenters. The highest BCUT2D eigenvalue weighted by molar-refractivity contribution is 6.32. The van der Waals surface area contributed by atoms with Gasteiger partial charge in [-0.15, -0.1) is 0 Å². The first-order chi connectivity index (χ1) is 15.1. The molecule has 0 aliphatic carbocycles. The minimum absolute atomic E-state index is 0.0848. The zero-order valence-corrected chi connectivity index (χ0v) is 18.2. The lowest BCUT2D eigenvalue weighted by atomic mass is 10.1. The van der Waals surface area contributed by atoms with Crippen molar-refractivity contribution in [1.29, 1.82) is 0 Å². The van der Waals surface area contributed by atoms with Crippen LogP contribution in [0, 0.1) is 0 Å². The smallest absolute Gasteiger partial charge is 0.253 e. The standard InChI is InChI=1S/C24H27ClN2O4/c25-20-13-18(14-21-23(20)31-12-4-11-30-21)15-22(28)26-16-17-5-7-19(8-6-17)24(29)27-9-2-1-3-10-27/h5-8,13-14H,1-4,9-12,15-16H2,(H,26,28). The van der Waals surface area contributed by atoms with Gasteiger partial charge in [0.05, 0.1) is 24.7 Å². The van der Waals surface area contributed by atoms with Gasteiger partial charge in [0.25, 0.3) is 5.91 Å². The van der Waals surface area contributed by atoms with E-state index in [4.69, 9.17) is 21.1 Å². The average Bonchev–Trinajstić information content (AvgIpc) is 3.04.